The van der Waals surface area contributed by atoms with E-state index in [1.807, 2.05) is 36.9 Å². The maximum absolute atomic E-state index is 12.2. The molecule has 1 saturated carbocycles. The summed E-state index contributed by atoms with van der Waals surface area (Å²) in [5, 5.41) is 11.9. The monoisotopic (exact) mass is 320 g/mol. The highest BCUT2D eigenvalue weighted by Gasteiger charge is 2.34. The number of carboxylic acid groups (broad SMARTS) is 1. The standard InChI is InChI=1S/C16H24N4O3/c1-4-20(10-15(21)22)13-7-12(8-13)18-16(23)11-5-6-14(17-9-11)19(2)3/h5-6,9,12-13H,4,7-8,10H2,1-3H3,(H,18,23)(H,21,22). The number of amides is 1. The number of carbonyl (C=O) groups is 2. The van der Waals surface area contributed by atoms with Crippen LogP contribution in [0.5, 0.6) is 0 Å². The number of nitrogens with one attached hydrogen (secondary N) is 1. The van der Waals surface area contributed by atoms with Crippen LogP contribution in [0.15, 0.2) is 18.3 Å². The van der Waals surface area contributed by atoms with Crippen molar-refractivity contribution in [3.8, 4) is 0 Å². The van der Waals surface area contributed by atoms with Crippen molar-refractivity contribution in [2.45, 2.75) is 31.8 Å². The molecule has 7 heteroatoms. The summed E-state index contributed by atoms with van der Waals surface area (Å²) in [6, 6.07) is 3.90. The number of nitrogens with zero attached hydrogens (tertiary/aromatic N) is 3. The van der Waals surface area contributed by atoms with Gasteiger partial charge in [-0.2, -0.15) is 0 Å². The van der Waals surface area contributed by atoms with Crippen LogP contribution in [0.3, 0.4) is 0 Å². The number of carboxylic acids is 1. The third kappa shape index (κ3) is 4.41. The van der Waals surface area contributed by atoms with E-state index in [9.17, 15) is 9.59 Å². The van der Waals surface area contributed by atoms with Crippen molar-refractivity contribution in [3.63, 3.8) is 0 Å². The maximum Gasteiger partial charge on any atom is 0.317 e. The van der Waals surface area contributed by atoms with Crippen molar-refractivity contribution in [1.29, 1.82) is 0 Å². The van der Waals surface area contributed by atoms with Crippen molar-refractivity contribution in [2.24, 2.45) is 0 Å². The van der Waals surface area contributed by atoms with Crippen LogP contribution in [0.1, 0.15) is 30.1 Å². The minimum Gasteiger partial charge on any atom is -0.480 e. The van der Waals surface area contributed by atoms with E-state index in [2.05, 4.69) is 10.3 Å². The van der Waals surface area contributed by atoms with Crippen LogP contribution >= 0.6 is 0 Å². The molecule has 2 rings (SSSR count). The molecule has 1 amide bonds. The second kappa shape index (κ2) is 7.41. The molecule has 0 aromatic carbocycles. The number of carbonyl (C=O) groups excluding carboxylic acids is 1. The summed E-state index contributed by atoms with van der Waals surface area (Å²) in [7, 11) is 3.79. The first-order chi connectivity index (χ1) is 10.9. The molecule has 1 heterocycles. The Hall–Kier alpha value is -2.15. The molecule has 1 aromatic rings. The van der Waals surface area contributed by atoms with Gasteiger partial charge in [0, 0.05) is 32.4 Å². The number of hydrogen-bond acceptors (Lipinski definition) is 5. The minimum absolute atomic E-state index is 0.0533. The minimum atomic E-state index is -0.814. The van der Waals surface area contributed by atoms with E-state index >= 15 is 0 Å². The number of likely N-dealkylation sites (N-methyl/N-ethyl adjacent to an activating group) is 1. The number of pyridine rings is 1. The summed E-state index contributed by atoms with van der Waals surface area (Å²) in [6.45, 7) is 2.71. The van der Waals surface area contributed by atoms with E-state index < -0.39 is 5.97 Å². The molecule has 0 spiro atoms. The first kappa shape index (κ1) is 17.2. The van der Waals surface area contributed by atoms with Gasteiger partial charge in [-0.25, -0.2) is 4.98 Å². The van der Waals surface area contributed by atoms with Crippen LogP contribution in [0.25, 0.3) is 0 Å². The van der Waals surface area contributed by atoms with E-state index in [0.29, 0.717) is 12.1 Å². The number of aliphatic carboxylic acids is 1. The Morgan fingerprint density at radius 1 is 1.35 bits per heavy atom. The summed E-state index contributed by atoms with van der Waals surface area (Å²) < 4.78 is 0. The predicted octanol–water partition coefficient (Wildman–Crippen LogP) is 0.815. The zero-order valence-electron chi connectivity index (χ0n) is 13.8. The molecule has 1 aliphatic rings. The molecule has 23 heavy (non-hydrogen) atoms. The molecular weight excluding hydrogens is 296 g/mol. The van der Waals surface area contributed by atoms with Crippen LogP contribution in [0, 0.1) is 0 Å². The van der Waals surface area contributed by atoms with E-state index in [0.717, 1.165) is 18.7 Å². The lowest BCUT2D eigenvalue weighted by Crippen LogP contribution is -2.54. The Bertz CT molecular complexity index is 553. The van der Waals surface area contributed by atoms with E-state index in [4.69, 9.17) is 5.11 Å². The van der Waals surface area contributed by atoms with Gasteiger partial charge in [-0.1, -0.05) is 6.92 Å². The normalized spacial score (nSPS) is 20.0. The fraction of sp³-hybridized carbons (Fsp3) is 0.562. The van der Waals surface area contributed by atoms with Gasteiger partial charge in [-0.15, -0.1) is 0 Å². The summed E-state index contributed by atoms with van der Waals surface area (Å²) in [4.78, 5) is 31.0. The zero-order chi connectivity index (χ0) is 17.0. The first-order valence-electron chi connectivity index (χ1n) is 7.80. The Labute approximate surface area is 136 Å². The SMILES string of the molecule is CCN(CC(=O)O)C1CC(NC(=O)c2ccc(N(C)C)nc2)C1. The highest BCUT2D eigenvalue weighted by molar-refractivity contribution is 5.94. The van der Waals surface area contributed by atoms with Gasteiger partial charge in [-0.3, -0.25) is 14.5 Å². The lowest BCUT2D eigenvalue weighted by Gasteiger charge is -2.42. The molecule has 2 N–H and O–H groups in total. The van der Waals surface area contributed by atoms with Gasteiger partial charge < -0.3 is 15.3 Å². The van der Waals surface area contributed by atoms with Crippen molar-refractivity contribution < 1.29 is 14.7 Å². The van der Waals surface area contributed by atoms with E-state index in [1.54, 1.807) is 12.3 Å². The third-order valence-corrected chi connectivity index (χ3v) is 4.18. The lowest BCUT2D eigenvalue weighted by molar-refractivity contribution is -0.139. The molecule has 7 nitrogen and oxygen atoms in total. The molecule has 0 aliphatic heterocycles. The smallest absolute Gasteiger partial charge is 0.317 e. The number of anilines is 1. The molecule has 0 radical (unpaired) electrons. The maximum atomic E-state index is 12.2. The average molecular weight is 320 g/mol. The van der Waals surface area contributed by atoms with Gasteiger partial charge in [0.2, 0.25) is 0 Å². The zero-order valence-corrected chi connectivity index (χ0v) is 13.8. The lowest BCUT2D eigenvalue weighted by atomic mass is 9.85. The van der Waals surface area contributed by atoms with Crippen LogP contribution < -0.4 is 10.2 Å². The second-order valence-corrected chi connectivity index (χ2v) is 6.05. The first-order valence-corrected chi connectivity index (χ1v) is 7.80. The molecule has 0 unspecified atom stereocenters. The molecule has 0 saturated heterocycles. The van der Waals surface area contributed by atoms with E-state index in [1.165, 1.54) is 0 Å². The fourth-order valence-electron chi connectivity index (χ4n) is 2.73. The van der Waals surface area contributed by atoms with Crippen LogP contribution in [0.2, 0.25) is 0 Å². The molecule has 1 aliphatic carbocycles. The Morgan fingerprint density at radius 2 is 2.04 bits per heavy atom. The average Bonchev–Trinajstić information content (AvgIpc) is 2.48. The van der Waals surface area contributed by atoms with Gasteiger partial charge in [0.1, 0.15) is 5.82 Å². The van der Waals surface area contributed by atoms with Gasteiger partial charge in [0.25, 0.3) is 5.91 Å². The number of aromatic nitrogens is 1. The van der Waals surface area contributed by atoms with Crippen molar-refractivity contribution >= 4 is 17.7 Å². The fourth-order valence-corrected chi connectivity index (χ4v) is 2.73. The summed E-state index contributed by atoms with van der Waals surface area (Å²) >= 11 is 0. The number of hydrogen-bond donors (Lipinski definition) is 2. The van der Waals surface area contributed by atoms with E-state index in [-0.39, 0.29) is 24.5 Å². The summed E-state index contributed by atoms with van der Waals surface area (Å²) in [5.41, 5.74) is 0.539. The van der Waals surface area contributed by atoms with Gasteiger partial charge in [0.05, 0.1) is 12.1 Å². The molecule has 126 valence electrons. The molecule has 1 fully saturated rings. The van der Waals surface area contributed by atoms with Crippen LogP contribution in [-0.4, -0.2) is 66.1 Å². The summed E-state index contributed by atoms with van der Waals surface area (Å²) in [5.74, 6) is -0.142. The summed E-state index contributed by atoms with van der Waals surface area (Å²) in [6.07, 6.45) is 3.15. The van der Waals surface area contributed by atoms with Gasteiger partial charge >= 0.3 is 5.97 Å². The number of rotatable bonds is 7. The van der Waals surface area contributed by atoms with Crippen LogP contribution in [0.4, 0.5) is 5.82 Å². The molecule has 0 atom stereocenters. The molecule has 1 aromatic heterocycles. The second-order valence-electron chi connectivity index (χ2n) is 6.05. The quantitative estimate of drug-likeness (QED) is 0.773. The van der Waals surface area contributed by atoms with Gasteiger partial charge in [-0.05, 0) is 31.5 Å². The Kier molecular flexibility index (Phi) is 5.54. The molecular formula is C16H24N4O3. The van der Waals surface area contributed by atoms with Gasteiger partial charge in [0.15, 0.2) is 0 Å². The van der Waals surface area contributed by atoms with Crippen molar-refractivity contribution in [3.05, 3.63) is 23.9 Å². The third-order valence-electron chi connectivity index (χ3n) is 4.18. The van der Waals surface area contributed by atoms with Crippen molar-refractivity contribution in [1.82, 2.24) is 15.2 Å². The highest BCUT2D eigenvalue weighted by atomic mass is 16.4. The topological polar surface area (TPSA) is 85.8 Å². The predicted molar refractivity (Wildman–Crippen MR) is 87.7 cm³/mol. The Morgan fingerprint density at radius 3 is 2.52 bits per heavy atom. The van der Waals surface area contributed by atoms with Crippen LogP contribution in [-0.2, 0) is 4.79 Å². The Balaban J connectivity index is 1.82. The highest BCUT2D eigenvalue weighted by Crippen LogP contribution is 2.25. The van der Waals surface area contributed by atoms with Crippen molar-refractivity contribution in [2.75, 3.05) is 32.1 Å². The molecule has 0 bridgehead atoms. The largest absolute Gasteiger partial charge is 0.480 e.